The van der Waals surface area contributed by atoms with Crippen molar-refractivity contribution in [2.24, 2.45) is 10.9 Å². The second kappa shape index (κ2) is 12.9. The minimum Gasteiger partial charge on any atom is -0.504 e. The van der Waals surface area contributed by atoms with Crippen molar-refractivity contribution < 1.29 is 9.84 Å². The van der Waals surface area contributed by atoms with E-state index >= 15 is 0 Å². The molecule has 0 bridgehead atoms. The molecule has 2 aromatic rings. The number of hydrogen-bond acceptors (Lipinski definition) is 4. The number of halogens is 1. The van der Waals surface area contributed by atoms with Crippen molar-refractivity contribution in [3.05, 3.63) is 54.1 Å². The molecule has 0 amide bonds. The molecule has 1 aliphatic rings. The predicted octanol–water partition coefficient (Wildman–Crippen LogP) is 4.64. The summed E-state index contributed by atoms with van der Waals surface area (Å²) in [5.74, 6) is 3.52. The van der Waals surface area contributed by atoms with E-state index in [2.05, 4.69) is 47.5 Å². The minimum absolute atomic E-state index is 0. The molecule has 0 aromatic heterocycles. The first-order valence-electron chi connectivity index (χ1n) is 10.3. The molecule has 1 saturated heterocycles. The summed E-state index contributed by atoms with van der Waals surface area (Å²) in [5, 5.41) is 13.2. The highest BCUT2D eigenvalue weighted by molar-refractivity contribution is 14.0. The largest absolute Gasteiger partial charge is 0.504 e. The quantitative estimate of drug-likeness (QED) is 0.221. The molecule has 1 unspecified atom stereocenters. The first kappa shape index (κ1) is 24.7. The minimum atomic E-state index is 0. The number of nitrogens with zero attached hydrogens (tertiary/aromatic N) is 2. The maximum Gasteiger partial charge on any atom is 0.193 e. The van der Waals surface area contributed by atoms with E-state index in [4.69, 9.17) is 9.73 Å². The lowest BCUT2D eigenvalue weighted by atomic mass is 10.1. The van der Waals surface area contributed by atoms with Gasteiger partial charge in [0, 0.05) is 36.8 Å². The summed E-state index contributed by atoms with van der Waals surface area (Å²) < 4.78 is 5.19. The highest BCUT2D eigenvalue weighted by Crippen LogP contribution is 2.27. The Kier molecular flexibility index (Phi) is 10.6. The Balaban J connectivity index is 0.00000320. The Hall–Kier alpha value is -1.61. The topological polar surface area (TPSA) is 57.1 Å². The third-order valence-electron chi connectivity index (χ3n) is 5.06. The highest BCUT2D eigenvalue weighted by Gasteiger charge is 2.24. The second-order valence-corrected chi connectivity index (χ2v) is 8.31. The van der Waals surface area contributed by atoms with E-state index in [1.807, 2.05) is 23.9 Å². The Morgan fingerprint density at radius 2 is 2.07 bits per heavy atom. The number of aromatic hydroxyl groups is 1. The van der Waals surface area contributed by atoms with Gasteiger partial charge in [0.25, 0.3) is 0 Å². The lowest BCUT2D eigenvalue weighted by Gasteiger charge is -2.21. The highest BCUT2D eigenvalue weighted by atomic mass is 127. The van der Waals surface area contributed by atoms with E-state index in [0.717, 1.165) is 43.3 Å². The van der Waals surface area contributed by atoms with Gasteiger partial charge >= 0.3 is 0 Å². The van der Waals surface area contributed by atoms with Crippen molar-refractivity contribution in [3.63, 3.8) is 0 Å². The molecule has 7 heteroatoms. The molecule has 164 valence electrons. The summed E-state index contributed by atoms with van der Waals surface area (Å²) in [7, 11) is 1.57. The van der Waals surface area contributed by atoms with Crippen molar-refractivity contribution in [2.45, 2.75) is 24.7 Å². The number of phenols is 1. The van der Waals surface area contributed by atoms with Gasteiger partial charge in [-0.15, -0.1) is 35.7 Å². The monoisotopic (exact) mass is 541 g/mol. The van der Waals surface area contributed by atoms with E-state index in [0.29, 0.717) is 18.2 Å². The van der Waals surface area contributed by atoms with Crippen LogP contribution < -0.4 is 10.1 Å². The Morgan fingerprint density at radius 1 is 1.27 bits per heavy atom. The molecule has 2 N–H and O–H groups in total. The molecule has 1 heterocycles. The Morgan fingerprint density at radius 3 is 2.80 bits per heavy atom. The summed E-state index contributed by atoms with van der Waals surface area (Å²) in [6, 6.07) is 16.1. The molecule has 3 rings (SSSR count). The number of guanidine groups is 1. The van der Waals surface area contributed by atoms with Crippen LogP contribution >= 0.6 is 35.7 Å². The molecular formula is C23H32IN3O2S. The molecule has 1 aliphatic heterocycles. The molecule has 2 aromatic carbocycles. The first-order valence-corrected chi connectivity index (χ1v) is 11.2. The lowest BCUT2D eigenvalue weighted by Crippen LogP contribution is -2.40. The van der Waals surface area contributed by atoms with Gasteiger partial charge in [0.2, 0.25) is 0 Å². The van der Waals surface area contributed by atoms with Crippen LogP contribution in [0.4, 0.5) is 0 Å². The van der Waals surface area contributed by atoms with Gasteiger partial charge < -0.3 is 20.1 Å². The smallest absolute Gasteiger partial charge is 0.193 e. The van der Waals surface area contributed by atoms with Gasteiger partial charge in [0.1, 0.15) is 0 Å². The fraction of sp³-hybridized carbons (Fsp3) is 0.435. The zero-order valence-corrected chi connectivity index (χ0v) is 20.9. The molecule has 0 saturated carbocycles. The average Bonchev–Trinajstić information content (AvgIpc) is 3.22. The van der Waals surface area contributed by atoms with E-state index < -0.39 is 0 Å². The molecule has 1 fully saturated rings. The molecule has 0 radical (unpaired) electrons. The summed E-state index contributed by atoms with van der Waals surface area (Å²) in [5.41, 5.74) is 1.11. The van der Waals surface area contributed by atoms with Crippen molar-refractivity contribution in [3.8, 4) is 11.5 Å². The molecule has 0 aliphatic carbocycles. The van der Waals surface area contributed by atoms with Gasteiger partial charge in [-0.3, -0.25) is 4.99 Å². The van der Waals surface area contributed by atoms with Crippen LogP contribution in [0.2, 0.25) is 0 Å². The molecular weight excluding hydrogens is 509 g/mol. The fourth-order valence-corrected chi connectivity index (χ4v) is 4.54. The average molecular weight is 541 g/mol. The lowest BCUT2D eigenvalue weighted by molar-refractivity contribution is 0.373. The van der Waals surface area contributed by atoms with Crippen LogP contribution in [0.5, 0.6) is 11.5 Å². The molecule has 1 atom stereocenters. The number of phenolic OH excluding ortho intramolecular Hbond substituents is 1. The first-order chi connectivity index (χ1) is 14.2. The molecule has 30 heavy (non-hydrogen) atoms. The number of methoxy groups -OCH3 is 1. The number of ether oxygens (including phenoxy) is 1. The standard InChI is InChI=1S/C23H31N3O2S.HI/c1-3-24-23(25-13-11-18-9-10-21(27)22(15-18)28-2)26-14-12-19(16-26)17-29-20-7-5-4-6-8-20;/h4-10,15,19,27H,3,11-14,16-17H2,1-2H3,(H,24,25);1H. The van der Waals surface area contributed by atoms with Gasteiger partial charge in [-0.1, -0.05) is 24.3 Å². The van der Waals surface area contributed by atoms with Crippen LogP contribution in [0.25, 0.3) is 0 Å². The van der Waals surface area contributed by atoms with Gasteiger partial charge in [-0.05, 0) is 55.5 Å². The van der Waals surface area contributed by atoms with Crippen LogP contribution in [0.15, 0.2) is 58.4 Å². The number of rotatable bonds is 8. The van der Waals surface area contributed by atoms with Crippen LogP contribution in [0.1, 0.15) is 18.9 Å². The van der Waals surface area contributed by atoms with Crippen LogP contribution in [-0.2, 0) is 6.42 Å². The Bertz CT molecular complexity index is 804. The van der Waals surface area contributed by atoms with E-state index in [-0.39, 0.29) is 29.7 Å². The maximum atomic E-state index is 9.73. The van der Waals surface area contributed by atoms with Crippen molar-refractivity contribution in [2.75, 3.05) is 39.0 Å². The number of nitrogens with one attached hydrogen (secondary N) is 1. The molecule has 5 nitrogen and oxygen atoms in total. The van der Waals surface area contributed by atoms with Gasteiger partial charge in [-0.2, -0.15) is 0 Å². The Labute approximate surface area is 201 Å². The number of thioether (sulfide) groups is 1. The number of hydrogen-bond donors (Lipinski definition) is 2. The van der Waals surface area contributed by atoms with Gasteiger partial charge in [0.15, 0.2) is 17.5 Å². The summed E-state index contributed by atoms with van der Waals surface area (Å²) in [6.07, 6.45) is 2.02. The third-order valence-corrected chi connectivity index (χ3v) is 6.30. The van der Waals surface area contributed by atoms with E-state index in [1.165, 1.54) is 11.3 Å². The van der Waals surface area contributed by atoms with Gasteiger partial charge in [-0.25, -0.2) is 0 Å². The summed E-state index contributed by atoms with van der Waals surface area (Å²) >= 11 is 1.95. The normalized spacial score (nSPS) is 16.3. The zero-order chi connectivity index (χ0) is 20.5. The summed E-state index contributed by atoms with van der Waals surface area (Å²) in [6.45, 7) is 5.79. The zero-order valence-electron chi connectivity index (χ0n) is 17.7. The van der Waals surface area contributed by atoms with E-state index in [1.54, 1.807) is 13.2 Å². The van der Waals surface area contributed by atoms with Crippen molar-refractivity contribution in [1.29, 1.82) is 0 Å². The SMILES string of the molecule is CCNC(=NCCc1ccc(O)c(OC)c1)N1CCC(CSc2ccccc2)C1.I. The van der Waals surface area contributed by atoms with Crippen LogP contribution in [0.3, 0.4) is 0 Å². The maximum absolute atomic E-state index is 9.73. The second-order valence-electron chi connectivity index (χ2n) is 7.22. The van der Waals surface area contributed by atoms with Crippen molar-refractivity contribution in [1.82, 2.24) is 10.2 Å². The van der Waals surface area contributed by atoms with Crippen LogP contribution in [-0.4, -0.2) is 55.0 Å². The number of benzene rings is 2. The van der Waals surface area contributed by atoms with Crippen LogP contribution in [0, 0.1) is 5.92 Å². The van der Waals surface area contributed by atoms with Crippen molar-refractivity contribution >= 4 is 41.7 Å². The number of aliphatic imine (C=N–C) groups is 1. The summed E-state index contributed by atoms with van der Waals surface area (Å²) in [4.78, 5) is 8.57. The number of likely N-dealkylation sites (tertiary alicyclic amines) is 1. The van der Waals surface area contributed by atoms with E-state index in [9.17, 15) is 5.11 Å². The third kappa shape index (κ3) is 7.27. The molecule has 0 spiro atoms. The predicted molar refractivity (Wildman–Crippen MR) is 137 cm³/mol. The van der Waals surface area contributed by atoms with Gasteiger partial charge in [0.05, 0.1) is 7.11 Å². The fourth-order valence-electron chi connectivity index (χ4n) is 3.49.